The number of aromatic nitrogens is 3. The normalized spacial score (nSPS) is 11.9. The second-order valence-electron chi connectivity index (χ2n) is 13.4. The molecule has 11 aromatic rings. The van der Waals surface area contributed by atoms with Gasteiger partial charge in [-0.3, -0.25) is 0 Å². The van der Waals surface area contributed by atoms with Crippen LogP contribution in [-0.4, -0.2) is 13.7 Å². The molecule has 3 nitrogen and oxygen atoms in total. The van der Waals surface area contributed by atoms with Crippen LogP contribution in [-0.2, 0) is 0 Å². The lowest BCUT2D eigenvalue weighted by atomic mass is 10.0. The van der Waals surface area contributed by atoms with Crippen molar-refractivity contribution >= 4 is 65.4 Å². The molecule has 0 unspecified atom stereocenters. The Morgan fingerprint density at radius 2 is 0.745 bits per heavy atom. The second-order valence-corrected chi connectivity index (χ2v) is 13.4. The van der Waals surface area contributed by atoms with Gasteiger partial charge in [0.2, 0.25) is 0 Å². The minimum atomic E-state index is 1.15. The van der Waals surface area contributed by atoms with E-state index in [1.165, 1.54) is 76.5 Å². The predicted molar refractivity (Wildman–Crippen MR) is 215 cm³/mol. The summed E-state index contributed by atoms with van der Waals surface area (Å²) in [6.07, 6.45) is 0. The zero-order chi connectivity index (χ0) is 33.5. The molecule has 0 fully saturated rings. The van der Waals surface area contributed by atoms with Gasteiger partial charge < -0.3 is 13.7 Å². The summed E-state index contributed by atoms with van der Waals surface area (Å²) in [5, 5.41) is 7.59. The summed E-state index contributed by atoms with van der Waals surface area (Å²) in [7, 11) is 0. The lowest BCUT2D eigenvalue weighted by Gasteiger charge is -2.13. The van der Waals surface area contributed by atoms with Crippen molar-refractivity contribution in [3.8, 4) is 28.2 Å². The molecule has 0 atom stereocenters. The highest BCUT2D eigenvalue weighted by molar-refractivity contribution is 6.26. The molecule has 3 aromatic heterocycles. The number of nitrogens with zero attached hydrogens (tertiary/aromatic N) is 3. The summed E-state index contributed by atoms with van der Waals surface area (Å²) >= 11 is 0. The lowest BCUT2D eigenvalue weighted by Crippen LogP contribution is -1.96. The van der Waals surface area contributed by atoms with Gasteiger partial charge in [-0.1, -0.05) is 121 Å². The first kappa shape index (κ1) is 28.0. The minimum Gasteiger partial charge on any atom is -0.309 e. The number of rotatable bonds is 4. The molecule has 0 N–H and O–H groups in total. The highest BCUT2D eigenvalue weighted by Crippen LogP contribution is 2.42. The third kappa shape index (κ3) is 4.06. The zero-order valence-electron chi connectivity index (χ0n) is 27.7. The minimum absolute atomic E-state index is 1.15. The number of fused-ring (bicyclic) bond motifs is 10. The summed E-state index contributed by atoms with van der Waals surface area (Å²) in [6.45, 7) is 0. The molecule has 3 heteroatoms. The van der Waals surface area contributed by atoms with Crippen molar-refractivity contribution in [2.24, 2.45) is 0 Å². The Hall–Kier alpha value is -6.84. The van der Waals surface area contributed by atoms with E-state index in [-0.39, 0.29) is 0 Å². The van der Waals surface area contributed by atoms with Crippen molar-refractivity contribution in [3.63, 3.8) is 0 Å². The third-order valence-electron chi connectivity index (χ3n) is 10.6. The van der Waals surface area contributed by atoms with Gasteiger partial charge in [0.1, 0.15) is 0 Å². The summed E-state index contributed by atoms with van der Waals surface area (Å²) in [5.74, 6) is 0. The van der Waals surface area contributed by atoms with Crippen LogP contribution in [0.4, 0.5) is 0 Å². The Balaban J connectivity index is 1.12. The molecule has 0 radical (unpaired) electrons. The average Bonchev–Trinajstić information content (AvgIpc) is 3.84. The van der Waals surface area contributed by atoms with Crippen LogP contribution in [0.2, 0.25) is 0 Å². The van der Waals surface area contributed by atoms with Gasteiger partial charge in [-0.25, -0.2) is 0 Å². The average molecular weight is 650 g/mol. The van der Waals surface area contributed by atoms with Gasteiger partial charge in [0.15, 0.2) is 0 Å². The summed E-state index contributed by atoms with van der Waals surface area (Å²) in [5.41, 5.74) is 13.1. The van der Waals surface area contributed by atoms with Crippen LogP contribution in [0.3, 0.4) is 0 Å². The molecular formula is C48H31N3. The Bertz CT molecular complexity index is 3070. The first-order chi connectivity index (χ1) is 25.3. The van der Waals surface area contributed by atoms with Crippen LogP contribution in [0.5, 0.6) is 0 Å². The quantitative estimate of drug-likeness (QED) is 0.180. The van der Waals surface area contributed by atoms with Gasteiger partial charge in [0.25, 0.3) is 0 Å². The number of hydrogen-bond acceptors (Lipinski definition) is 0. The van der Waals surface area contributed by atoms with Crippen LogP contribution >= 0.6 is 0 Å². The molecule has 0 amide bonds. The standard InChI is InChI=1S/C48H31N3/c1-2-14-34(15-3-1)50-45-24-11-7-20-41(45)47-46(50)30-29-40-39-19-6-10-23-44(39)51(48(40)47)36-16-12-13-33(31-36)32-25-27-35(28-26-32)49-42-21-8-4-17-37(42)38-18-5-9-22-43(38)49/h1-31H. The molecule has 0 bridgehead atoms. The van der Waals surface area contributed by atoms with Crippen LogP contribution in [0.15, 0.2) is 188 Å². The van der Waals surface area contributed by atoms with Crippen LogP contribution in [0.25, 0.3) is 93.6 Å². The highest BCUT2D eigenvalue weighted by atomic mass is 15.0. The molecule has 3 heterocycles. The molecule has 0 saturated carbocycles. The summed E-state index contributed by atoms with van der Waals surface area (Å²) < 4.78 is 7.26. The summed E-state index contributed by atoms with van der Waals surface area (Å²) in [4.78, 5) is 0. The Labute approximate surface area is 294 Å². The van der Waals surface area contributed by atoms with E-state index >= 15 is 0 Å². The SMILES string of the molecule is c1ccc(-n2c3ccccc3c3c2ccc2c4ccccc4n(-c4cccc(-c5ccc(-n6c7ccccc7c7ccccc76)cc5)c4)c23)cc1. The molecule has 0 aliphatic heterocycles. The number of hydrogen-bond donors (Lipinski definition) is 0. The molecule has 8 aromatic carbocycles. The van der Waals surface area contributed by atoms with Crippen LogP contribution in [0, 0.1) is 0 Å². The molecule has 0 aliphatic carbocycles. The Kier molecular flexibility index (Phi) is 5.96. The van der Waals surface area contributed by atoms with Gasteiger partial charge in [0.05, 0.1) is 33.1 Å². The van der Waals surface area contributed by atoms with Gasteiger partial charge in [0, 0.05) is 49.4 Å². The highest BCUT2D eigenvalue weighted by Gasteiger charge is 2.21. The van der Waals surface area contributed by atoms with Gasteiger partial charge in [-0.15, -0.1) is 0 Å². The molecule has 51 heavy (non-hydrogen) atoms. The van der Waals surface area contributed by atoms with Crippen molar-refractivity contribution in [1.29, 1.82) is 0 Å². The maximum absolute atomic E-state index is 2.48. The molecule has 0 saturated heterocycles. The van der Waals surface area contributed by atoms with Gasteiger partial charge >= 0.3 is 0 Å². The Morgan fingerprint density at radius 1 is 0.255 bits per heavy atom. The summed E-state index contributed by atoms with van der Waals surface area (Å²) in [6, 6.07) is 68.4. The van der Waals surface area contributed by atoms with E-state index in [0.717, 1.165) is 17.1 Å². The number of benzene rings is 8. The first-order valence-corrected chi connectivity index (χ1v) is 17.5. The van der Waals surface area contributed by atoms with E-state index in [0.29, 0.717) is 0 Å². The fourth-order valence-corrected chi connectivity index (χ4v) is 8.46. The first-order valence-electron chi connectivity index (χ1n) is 17.5. The molecular weight excluding hydrogens is 619 g/mol. The fraction of sp³-hybridized carbons (Fsp3) is 0. The monoisotopic (exact) mass is 649 g/mol. The van der Waals surface area contributed by atoms with Crippen LogP contribution < -0.4 is 0 Å². The zero-order valence-corrected chi connectivity index (χ0v) is 27.7. The van der Waals surface area contributed by atoms with E-state index in [1.54, 1.807) is 0 Å². The Morgan fingerprint density at radius 3 is 1.41 bits per heavy atom. The van der Waals surface area contributed by atoms with Gasteiger partial charge in [-0.2, -0.15) is 0 Å². The van der Waals surface area contributed by atoms with E-state index in [9.17, 15) is 0 Å². The van der Waals surface area contributed by atoms with E-state index in [4.69, 9.17) is 0 Å². The van der Waals surface area contributed by atoms with E-state index < -0.39 is 0 Å². The third-order valence-corrected chi connectivity index (χ3v) is 10.6. The largest absolute Gasteiger partial charge is 0.309 e. The second kappa shape index (κ2) is 10.8. The van der Waals surface area contributed by atoms with Crippen molar-refractivity contribution in [2.45, 2.75) is 0 Å². The molecule has 0 spiro atoms. The maximum atomic E-state index is 2.48. The predicted octanol–water partition coefficient (Wildman–Crippen LogP) is 12.6. The van der Waals surface area contributed by atoms with Crippen molar-refractivity contribution in [1.82, 2.24) is 13.7 Å². The number of para-hydroxylation sites is 5. The molecule has 238 valence electrons. The lowest BCUT2D eigenvalue weighted by molar-refractivity contribution is 1.17. The van der Waals surface area contributed by atoms with E-state index in [1.807, 2.05) is 0 Å². The molecule has 11 rings (SSSR count). The van der Waals surface area contributed by atoms with E-state index in [2.05, 4.69) is 202 Å². The fourth-order valence-electron chi connectivity index (χ4n) is 8.46. The van der Waals surface area contributed by atoms with Gasteiger partial charge in [-0.05, 0) is 77.9 Å². The maximum Gasteiger partial charge on any atom is 0.0641 e. The van der Waals surface area contributed by atoms with Crippen molar-refractivity contribution in [2.75, 3.05) is 0 Å². The van der Waals surface area contributed by atoms with Crippen LogP contribution in [0.1, 0.15) is 0 Å². The topological polar surface area (TPSA) is 14.8 Å². The molecule has 0 aliphatic rings. The van der Waals surface area contributed by atoms with Crippen molar-refractivity contribution < 1.29 is 0 Å². The smallest absolute Gasteiger partial charge is 0.0641 e. The van der Waals surface area contributed by atoms with Crippen molar-refractivity contribution in [3.05, 3.63) is 188 Å².